The summed E-state index contributed by atoms with van der Waals surface area (Å²) in [5, 5.41) is 2.25. The number of nitrogens with zero attached hydrogens (tertiary/aromatic N) is 1. The Kier molecular flexibility index (Phi) is 7.73. The third kappa shape index (κ3) is 5.12. The molecular formula is C22H19Cl3F6N2O. The number of anilines is 1. The second-order valence-corrected chi connectivity index (χ2v) is 9.20. The lowest BCUT2D eigenvalue weighted by Gasteiger charge is -2.32. The molecule has 1 fully saturated rings. The van der Waals surface area contributed by atoms with Gasteiger partial charge in [-0.3, -0.25) is 4.79 Å². The van der Waals surface area contributed by atoms with Gasteiger partial charge in [0.1, 0.15) is 5.41 Å². The van der Waals surface area contributed by atoms with E-state index in [4.69, 9.17) is 34.8 Å². The van der Waals surface area contributed by atoms with Gasteiger partial charge in [0.2, 0.25) is 5.91 Å². The summed E-state index contributed by atoms with van der Waals surface area (Å²) in [6.45, 7) is 1.33. The van der Waals surface area contributed by atoms with E-state index in [1.807, 2.05) is 6.92 Å². The second kappa shape index (κ2) is 9.76. The van der Waals surface area contributed by atoms with E-state index >= 15 is 0 Å². The molecule has 2 aromatic rings. The molecule has 3 rings (SSSR count). The Morgan fingerprint density at radius 1 is 1.03 bits per heavy atom. The van der Waals surface area contributed by atoms with Crippen LogP contribution in [0.2, 0.25) is 15.1 Å². The maximum absolute atomic E-state index is 14.3. The zero-order chi connectivity index (χ0) is 25.5. The lowest BCUT2D eigenvalue weighted by Crippen LogP contribution is -2.45. The van der Waals surface area contributed by atoms with Crippen LogP contribution in [-0.2, 0) is 22.9 Å². The molecule has 0 aliphatic carbocycles. The molecule has 1 aliphatic heterocycles. The van der Waals surface area contributed by atoms with Crippen LogP contribution in [0.3, 0.4) is 0 Å². The van der Waals surface area contributed by atoms with E-state index in [9.17, 15) is 31.1 Å². The van der Waals surface area contributed by atoms with E-state index in [-0.39, 0.29) is 32.9 Å². The maximum Gasteiger partial charge on any atom is 0.416 e. The zero-order valence-electron chi connectivity index (χ0n) is 17.7. The number of hydrogen-bond donors (Lipinski definition) is 1. The van der Waals surface area contributed by atoms with Crippen LogP contribution in [0, 0.1) is 0 Å². The second-order valence-electron chi connectivity index (χ2n) is 8.01. The van der Waals surface area contributed by atoms with Crippen molar-refractivity contribution in [2.75, 3.05) is 18.0 Å². The van der Waals surface area contributed by atoms with Crippen LogP contribution in [0.1, 0.15) is 36.5 Å². The van der Waals surface area contributed by atoms with Crippen molar-refractivity contribution >= 4 is 46.4 Å². The van der Waals surface area contributed by atoms with Crippen molar-refractivity contribution in [1.29, 1.82) is 0 Å². The molecular weight excluding hydrogens is 529 g/mol. The Balaban J connectivity index is 2.06. The SMILES string of the molecule is CCCNCc1ccc(N2CC(c3cc(Cl)c(Cl)c(Cl)c3)(C(F)(F)F)CC2=O)cc1C(F)(F)F. The number of carbonyl (C=O) groups excluding carboxylic acids is 1. The van der Waals surface area contributed by atoms with Crippen molar-refractivity contribution in [1.82, 2.24) is 5.32 Å². The quantitative estimate of drug-likeness (QED) is 0.232. The Hall–Kier alpha value is -1.68. The van der Waals surface area contributed by atoms with Crippen LogP contribution in [0.4, 0.5) is 32.0 Å². The number of halogens is 9. The van der Waals surface area contributed by atoms with Crippen molar-refractivity contribution in [3.63, 3.8) is 0 Å². The highest BCUT2D eigenvalue weighted by Gasteiger charge is 2.62. The summed E-state index contributed by atoms with van der Waals surface area (Å²) in [5.74, 6) is -0.982. The minimum atomic E-state index is -4.94. The molecule has 186 valence electrons. The fourth-order valence-electron chi connectivity index (χ4n) is 3.93. The Labute approximate surface area is 207 Å². The molecule has 1 heterocycles. The molecule has 1 aliphatic rings. The van der Waals surface area contributed by atoms with Crippen molar-refractivity contribution in [2.24, 2.45) is 0 Å². The lowest BCUT2D eigenvalue weighted by molar-refractivity contribution is -0.185. The highest BCUT2D eigenvalue weighted by atomic mass is 35.5. The van der Waals surface area contributed by atoms with Crippen LogP contribution in [0.25, 0.3) is 0 Å². The largest absolute Gasteiger partial charge is 0.416 e. The van der Waals surface area contributed by atoms with Crippen molar-refractivity contribution < 1.29 is 31.1 Å². The van der Waals surface area contributed by atoms with E-state index in [2.05, 4.69) is 5.32 Å². The van der Waals surface area contributed by atoms with Gasteiger partial charge >= 0.3 is 12.4 Å². The first-order chi connectivity index (χ1) is 15.7. The Morgan fingerprint density at radius 3 is 2.18 bits per heavy atom. The molecule has 0 aromatic heterocycles. The number of hydrogen-bond acceptors (Lipinski definition) is 2. The average molecular weight is 548 g/mol. The minimum absolute atomic E-state index is 0.0744. The van der Waals surface area contributed by atoms with E-state index in [1.165, 1.54) is 6.07 Å². The van der Waals surface area contributed by atoms with E-state index in [0.717, 1.165) is 18.2 Å². The number of amides is 1. The van der Waals surface area contributed by atoms with Gasteiger partial charge in [-0.1, -0.05) is 47.8 Å². The van der Waals surface area contributed by atoms with Crippen LogP contribution in [0.5, 0.6) is 0 Å². The monoisotopic (exact) mass is 546 g/mol. The van der Waals surface area contributed by atoms with Crippen LogP contribution >= 0.6 is 34.8 Å². The van der Waals surface area contributed by atoms with Gasteiger partial charge in [-0.2, -0.15) is 26.3 Å². The maximum atomic E-state index is 14.3. The molecule has 1 amide bonds. The Bertz CT molecular complexity index is 1070. The minimum Gasteiger partial charge on any atom is -0.313 e. The molecule has 2 aromatic carbocycles. The number of benzene rings is 2. The summed E-state index contributed by atoms with van der Waals surface area (Å²) in [7, 11) is 0. The number of rotatable bonds is 6. The van der Waals surface area contributed by atoms with Crippen LogP contribution in [0.15, 0.2) is 30.3 Å². The standard InChI is InChI=1S/C22H19Cl3F6N2O/c1-2-5-32-10-12-3-4-14(8-15(12)21(26,27)28)33-11-20(9-18(33)34,22(29,30)31)13-6-16(23)19(25)17(24)7-13/h3-4,6-8,32H,2,5,9-11H2,1H3. The first-order valence-electron chi connectivity index (χ1n) is 10.1. The number of carbonyl (C=O) groups is 1. The smallest absolute Gasteiger partial charge is 0.313 e. The van der Waals surface area contributed by atoms with Gasteiger partial charge in [0.05, 0.1) is 20.6 Å². The summed E-state index contributed by atoms with van der Waals surface area (Å²) >= 11 is 17.7. The van der Waals surface area contributed by atoms with E-state index < -0.39 is 47.8 Å². The topological polar surface area (TPSA) is 32.3 Å². The summed E-state index contributed by atoms with van der Waals surface area (Å²) in [5.41, 5.74) is -4.51. The summed E-state index contributed by atoms with van der Waals surface area (Å²) in [6, 6.07) is 5.03. The van der Waals surface area contributed by atoms with Gasteiger partial charge in [-0.25, -0.2) is 0 Å². The van der Waals surface area contributed by atoms with Gasteiger partial charge in [0.15, 0.2) is 0 Å². The van der Waals surface area contributed by atoms with Gasteiger partial charge in [-0.15, -0.1) is 0 Å². The lowest BCUT2D eigenvalue weighted by atomic mass is 9.78. The molecule has 12 heteroatoms. The van der Waals surface area contributed by atoms with Crippen molar-refractivity contribution in [2.45, 2.75) is 44.1 Å². The predicted molar refractivity (Wildman–Crippen MR) is 120 cm³/mol. The van der Waals surface area contributed by atoms with E-state index in [1.54, 1.807) is 0 Å². The Morgan fingerprint density at radius 2 is 1.65 bits per heavy atom. The van der Waals surface area contributed by atoms with Gasteiger partial charge in [0.25, 0.3) is 0 Å². The fourth-order valence-corrected chi connectivity index (χ4v) is 4.53. The summed E-state index contributed by atoms with van der Waals surface area (Å²) in [6.07, 6.45) is -10.0. The third-order valence-electron chi connectivity index (χ3n) is 5.71. The molecule has 1 N–H and O–H groups in total. The van der Waals surface area contributed by atoms with Gasteiger partial charge in [0, 0.05) is 25.2 Å². The zero-order valence-corrected chi connectivity index (χ0v) is 19.9. The van der Waals surface area contributed by atoms with Crippen LogP contribution < -0.4 is 10.2 Å². The molecule has 1 atom stereocenters. The fraction of sp³-hybridized carbons (Fsp3) is 0.409. The summed E-state index contributed by atoms with van der Waals surface area (Å²) < 4.78 is 84.1. The van der Waals surface area contributed by atoms with Crippen LogP contribution in [-0.4, -0.2) is 25.2 Å². The molecule has 1 unspecified atom stereocenters. The predicted octanol–water partition coefficient (Wildman–Crippen LogP) is 7.40. The summed E-state index contributed by atoms with van der Waals surface area (Å²) in [4.78, 5) is 13.5. The number of alkyl halides is 6. The number of nitrogens with one attached hydrogen (secondary N) is 1. The third-order valence-corrected chi connectivity index (χ3v) is 6.91. The highest BCUT2D eigenvalue weighted by molar-refractivity contribution is 6.48. The van der Waals surface area contributed by atoms with Crippen molar-refractivity contribution in [3.8, 4) is 0 Å². The van der Waals surface area contributed by atoms with Crippen molar-refractivity contribution in [3.05, 3.63) is 62.1 Å². The highest BCUT2D eigenvalue weighted by Crippen LogP contribution is 2.51. The van der Waals surface area contributed by atoms with Gasteiger partial charge in [-0.05, 0) is 48.4 Å². The molecule has 3 nitrogen and oxygen atoms in total. The molecule has 0 spiro atoms. The average Bonchev–Trinajstić information content (AvgIpc) is 3.10. The normalized spacial score (nSPS) is 19.2. The molecule has 1 saturated heterocycles. The first kappa shape index (κ1) is 26.9. The molecule has 34 heavy (non-hydrogen) atoms. The molecule has 0 radical (unpaired) electrons. The van der Waals surface area contributed by atoms with Gasteiger partial charge < -0.3 is 10.2 Å². The molecule has 0 bridgehead atoms. The first-order valence-corrected chi connectivity index (χ1v) is 11.3. The van der Waals surface area contributed by atoms with E-state index in [0.29, 0.717) is 23.9 Å². The molecule has 0 saturated carbocycles.